The van der Waals surface area contributed by atoms with E-state index in [2.05, 4.69) is 51.6 Å². The molecular weight excluding hydrogens is 552 g/mol. The summed E-state index contributed by atoms with van der Waals surface area (Å²) in [6, 6.07) is 0. The van der Waals surface area contributed by atoms with E-state index in [1.807, 2.05) is 65.1 Å². The Hall–Kier alpha value is -2.83. The predicted octanol–water partition coefficient (Wildman–Crippen LogP) is 11.2. The summed E-state index contributed by atoms with van der Waals surface area (Å²) in [4.78, 5) is 28.6. The van der Waals surface area contributed by atoms with E-state index in [9.17, 15) is 9.90 Å². The number of carbonyl (C=O) groups excluding carboxylic acids is 2. The number of nitrogens with one attached hydrogen (secondary N) is 1. The number of carbonyl (C=O) groups is 2. The Kier molecular flexibility index (Phi) is 30.3. The topological polar surface area (TPSA) is 83.0 Å². The Morgan fingerprint density at radius 3 is 2.21 bits per heavy atom. The molecule has 2 N–H and O–H groups in total. The van der Waals surface area contributed by atoms with Gasteiger partial charge in [-0.1, -0.05) is 106 Å². The summed E-state index contributed by atoms with van der Waals surface area (Å²) in [6.07, 6.45) is 18.6. The number of aromatic amines is 1. The van der Waals surface area contributed by atoms with Crippen LogP contribution in [0.1, 0.15) is 131 Å². The highest BCUT2D eigenvalue weighted by molar-refractivity contribution is 7.11. The second kappa shape index (κ2) is 29.3. The van der Waals surface area contributed by atoms with Gasteiger partial charge in [-0.2, -0.15) is 0 Å². The average molecular weight is 615 g/mol. The number of aliphatic hydroxyl groups is 1. The minimum absolute atomic E-state index is 0.0556. The Morgan fingerprint density at radius 1 is 1.16 bits per heavy atom. The molecule has 2 unspecified atom stereocenters. The normalized spacial score (nSPS) is 12.2. The van der Waals surface area contributed by atoms with Crippen molar-refractivity contribution in [3.05, 3.63) is 64.3 Å². The highest BCUT2D eigenvalue weighted by Gasteiger charge is 2.13. The standard InChI is InChI=1S/C21H24N2OS.C9H20O.C3H8.C2H4O.C2H6/c1-6-8-10-18-15(4)22-12-19(18)20-13-25-21(23-20)14(3)11-17(9-7-2)16(5)24;1-4-6-9(10)7-8(3)5-2;1-3-2;1-2-3;1-2/h6,8-13,22H,1,7H2,2-5H3;8-10H,4-7H2,1-3H3;3H2,1-2H3;2H,1H3;1-2H3/b10-8-,14-11+,17-9+;;;;. The van der Waals surface area contributed by atoms with E-state index in [0.29, 0.717) is 5.92 Å². The molecule has 0 bridgehead atoms. The van der Waals surface area contributed by atoms with E-state index >= 15 is 0 Å². The lowest BCUT2D eigenvalue weighted by Crippen LogP contribution is -2.10. The summed E-state index contributed by atoms with van der Waals surface area (Å²) in [7, 11) is 0. The summed E-state index contributed by atoms with van der Waals surface area (Å²) >= 11 is 1.59. The monoisotopic (exact) mass is 614 g/mol. The van der Waals surface area contributed by atoms with Crippen LogP contribution < -0.4 is 0 Å². The van der Waals surface area contributed by atoms with Crippen LogP contribution in [0.25, 0.3) is 22.9 Å². The van der Waals surface area contributed by atoms with Crippen molar-refractivity contribution < 1.29 is 14.7 Å². The minimum Gasteiger partial charge on any atom is -0.393 e. The molecule has 2 heterocycles. The van der Waals surface area contributed by atoms with Crippen LogP contribution >= 0.6 is 11.3 Å². The lowest BCUT2D eigenvalue weighted by atomic mass is 9.99. The van der Waals surface area contributed by atoms with Gasteiger partial charge in [-0.3, -0.25) is 4.79 Å². The number of hydrogen-bond acceptors (Lipinski definition) is 5. The third-order valence-corrected chi connectivity index (χ3v) is 6.82. The molecular formula is C37H62N2O3S. The van der Waals surface area contributed by atoms with Crippen LogP contribution in [-0.2, 0) is 9.59 Å². The SMILES string of the molecule is C=C/C=C\c1c(-c2csc(/C(C)=C/C(=C\CC)C(C)=O)n2)c[nH]c1C.CC.CC=O.CCC.CCCC(O)CC(C)CC. The van der Waals surface area contributed by atoms with E-state index in [1.54, 1.807) is 24.3 Å². The molecule has 0 aliphatic carbocycles. The number of aldehydes is 1. The second-order valence-electron chi connectivity index (χ2n) is 9.96. The molecule has 0 fully saturated rings. The van der Waals surface area contributed by atoms with Crippen LogP contribution in [0.15, 0.2) is 48.0 Å². The van der Waals surface area contributed by atoms with Crippen molar-refractivity contribution in [1.29, 1.82) is 0 Å². The van der Waals surface area contributed by atoms with Crippen molar-refractivity contribution in [2.75, 3.05) is 0 Å². The van der Waals surface area contributed by atoms with E-state index < -0.39 is 0 Å². The number of nitrogens with zero attached hydrogens (tertiary/aromatic N) is 1. The maximum absolute atomic E-state index is 11.7. The van der Waals surface area contributed by atoms with Crippen molar-refractivity contribution in [3.63, 3.8) is 0 Å². The molecule has 2 aromatic heterocycles. The molecule has 0 saturated carbocycles. The summed E-state index contributed by atoms with van der Waals surface area (Å²) < 4.78 is 0. The van der Waals surface area contributed by atoms with E-state index in [4.69, 9.17) is 9.78 Å². The average Bonchev–Trinajstić information content (AvgIpc) is 3.60. The van der Waals surface area contributed by atoms with Gasteiger partial charge in [0, 0.05) is 34.0 Å². The van der Waals surface area contributed by atoms with Crippen LogP contribution in [0.5, 0.6) is 0 Å². The van der Waals surface area contributed by atoms with Crippen LogP contribution in [-0.4, -0.2) is 33.2 Å². The molecule has 2 rings (SSSR count). The van der Waals surface area contributed by atoms with Gasteiger partial charge in [0.2, 0.25) is 0 Å². The van der Waals surface area contributed by atoms with Gasteiger partial charge in [-0.05, 0) is 64.5 Å². The first-order chi connectivity index (χ1) is 20.5. The third-order valence-electron chi connectivity index (χ3n) is 5.84. The number of rotatable bonds is 12. The van der Waals surface area contributed by atoms with Gasteiger partial charge in [-0.15, -0.1) is 11.3 Å². The number of aliphatic hydroxyl groups excluding tert-OH is 1. The lowest BCUT2D eigenvalue weighted by molar-refractivity contribution is -0.113. The highest BCUT2D eigenvalue weighted by atomic mass is 32.1. The number of thiazole rings is 1. The molecule has 6 heteroatoms. The lowest BCUT2D eigenvalue weighted by Gasteiger charge is -2.13. The quantitative estimate of drug-likeness (QED) is 0.141. The molecule has 2 aromatic rings. The highest BCUT2D eigenvalue weighted by Crippen LogP contribution is 2.31. The molecule has 0 aliphatic rings. The first kappa shape index (κ1) is 44.6. The predicted molar refractivity (Wildman–Crippen MR) is 193 cm³/mol. The van der Waals surface area contributed by atoms with Gasteiger partial charge in [0.15, 0.2) is 5.78 Å². The van der Waals surface area contributed by atoms with Crippen molar-refractivity contribution in [3.8, 4) is 11.3 Å². The van der Waals surface area contributed by atoms with Crippen molar-refractivity contribution in [2.24, 2.45) is 5.92 Å². The Labute approximate surface area is 268 Å². The zero-order chi connectivity index (χ0) is 33.8. The van der Waals surface area contributed by atoms with Crippen LogP contribution in [0.4, 0.5) is 0 Å². The van der Waals surface area contributed by atoms with Gasteiger partial charge >= 0.3 is 0 Å². The molecule has 0 aromatic carbocycles. The number of Topliss-reactive ketones (excluding diaryl/α,β-unsaturated/α-hetero) is 1. The molecule has 0 spiro atoms. The fourth-order valence-corrected chi connectivity index (χ4v) is 4.41. The fraction of sp³-hybridized carbons (Fsp3) is 0.541. The van der Waals surface area contributed by atoms with Gasteiger partial charge in [0.1, 0.15) is 11.3 Å². The number of aryl methyl sites for hydroxylation is 1. The third kappa shape index (κ3) is 20.7. The van der Waals surface area contributed by atoms with Crippen molar-refractivity contribution in [2.45, 2.75) is 128 Å². The number of H-pyrrole nitrogens is 1. The summed E-state index contributed by atoms with van der Waals surface area (Å²) in [6.45, 7) is 27.6. The first-order valence-corrected chi connectivity index (χ1v) is 16.8. The number of ketones is 1. The number of hydrogen-bond donors (Lipinski definition) is 2. The maximum atomic E-state index is 11.7. The van der Waals surface area contributed by atoms with E-state index in [0.717, 1.165) is 70.6 Å². The van der Waals surface area contributed by atoms with E-state index in [1.165, 1.54) is 19.8 Å². The van der Waals surface area contributed by atoms with E-state index in [-0.39, 0.29) is 11.9 Å². The van der Waals surface area contributed by atoms with Crippen LogP contribution in [0.3, 0.4) is 0 Å². The number of allylic oxidation sites excluding steroid dienone is 6. The summed E-state index contributed by atoms with van der Waals surface area (Å²) in [5.41, 5.74) is 5.96. The fourth-order valence-electron chi connectivity index (χ4n) is 3.61. The van der Waals surface area contributed by atoms with Gasteiger partial charge in [-0.25, -0.2) is 4.98 Å². The zero-order valence-corrected chi connectivity index (χ0v) is 30.2. The molecule has 0 amide bonds. The van der Waals surface area contributed by atoms with Gasteiger partial charge in [0.05, 0.1) is 11.8 Å². The first-order valence-electron chi connectivity index (χ1n) is 15.9. The maximum Gasteiger partial charge on any atom is 0.159 e. The molecule has 0 saturated heterocycles. The molecule has 5 nitrogen and oxygen atoms in total. The van der Waals surface area contributed by atoms with Crippen LogP contribution in [0.2, 0.25) is 0 Å². The van der Waals surface area contributed by atoms with Crippen LogP contribution in [0, 0.1) is 12.8 Å². The Bertz CT molecular complexity index is 1090. The molecule has 0 radical (unpaired) electrons. The molecule has 0 aliphatic heterocycles. The number of aromatic nitrogens is 2. The van der Waals surface area contributed by atoms with Gasteiger partial charge < -0.3 is 14.9 Å². The molecule has 2 atom stereocenters. The summed E-state index contributed by atoms with van der Waals surface area (Å²) in [5.74, 6) is 0.762. The molecule has 244 valence electrons. The smallest absolute Gasteiger partial charge is 0.159 e. The minimum atomic E-state index is -0.0556. The Balaban J connectivity index is -0.000000737. The molecule has 43 heavy (non-hydrogen) atoms. The second-order valence-corrected chi connectivity index (χ2v) is 10.8. The van der Waals surface area contributed by atoms with Gasteiger partial charge in [0.25, 0.3) is 0 Å². The van der Waals surface area contributed by atoms with Crippen molar-refractivity contribution in [1.82, 2.24) is 9.97 Å². The largest absolute Gasteiger partial charge is 0.393 e. The Morgan fingerprint density at radius 2 is 1.74 bits per heavy atom. The zero-order valence-electron chi connectivity index (χ0n) is 29.3. The van der Waals surface area contributed by atoms with Crippen molar-refractivity contribution >= 4 is 35.1 Å². The summed E-state index contributed by atoms with van der Waals surface area (Å²) in [5, 5.41) is 12.3.